The smallest absolute Gasteiger partial charge is 0.323 e. The molecule has 0 heterocycles. The largest absolute Gasteiger partial charge is 0.495 e. The number of ether oxygens (including phenoxy) is 1. The Kier molecular flexibility index (Phi) is 13.2. The highest BCUT2D eigenvalue weighted by molar-refractivity contribution is 6.01. The zero-order valence-corrected chi connectivity index (χ0v) is 28.0. The lowest BCUT2D eigenvalue weighted by atomic mass is 10.1. The molecule has 0 bridgehead atoms. The average Bonchev–Trinajstić information content (AvgIpc) is 3.08. The zero-order valence-electron chi connectivity index (χ0n) is 28.0. The first-order valence-electron chi connectivity index (χ1n) is 16.0. The minimum atomic E-state index is -1.01. The predicted molar refractivity (Wildman–Crippen MR) is 189 cm³/mol. The molecule has 4 aromatic rings. The molecule has 0 saturated heterocycles. The lowest BCUT2D eigenvalue weighted by Gasteiger charge is -2.29. The number of nitrogens with zero attached hydrogens (tertiary/aromatic N) is 2. The van der Waals surface area contributed by atoms with Crippen LogP contribution < -0.4 is 20.7 Å². The summed E-state index contributed by atoms with van der Waals surface area (Å²) in [5.74, 6) is -0.766. The average molecular weight is 666 g/mol. The Morgan fingerprint density at radius 3 is 1.92 bits per heavy atom. The Labute approximate surface area is 286 Å². The molecule has 5 amide bonds. The van der Waals surface area contributed by atoms with E-state index in [0.29, 0.717) is 29.2 Å². The highest BCUT2D eigenvalue weighted by Gasteiger charge is 2.22. The second-order valence-electron chi connectivity index (χ2n) is 11.8. The molecule has 256 valence electrons. The van der Waals surface area contributed by atoms with Crippen molar-refractivity contribution in [3.63, 3.8) is 0 Å². The van der Waals surface area contributed by atoms with Gasteiger partial charge in [-0.3, -0.25) is 9.59 Å². The van der Waals surface area contributed by atoms with Crippen LogP contribution in [0.15, 0.2) is 103 Å². The summed E-state index contributed by atoms with van der Waals surface area (Å²) in [4.78, 5) is 54.4. The maximum Gasteiger partial charge on any atom is 0.323 e. The first-order chi connectivity index (χ1) is 23.6. The number of carbonyl (C=O) groups excluding carboxylic acids is 3. The third-order valence-corrected chi connectivity index (χ3v) is 7.83. The maximum atomic E-state index is 13.9. The SMILES string of the molecule is COc1cc(CC(=O)N(CCN(Cc2ccccc2)C(=O)NC(C)CC(=O)O)Cc2ccccc2)ccc1NC(=O)Nc1ccccc1C. The molecule has 0 aromatic heterocycles. The number of carbonyl (C=O) groups is 4. The van der Waals surface area contributed by atoms with E-state index in [9.17, 15) is 24.3 Å². The van der Waals surface area contributed by atoms with Crippen molar-refractivity contribution in [2.75, 3.05) is 30.8 Å². The molecule has 0 aliphatic rings. The topological polar surface area (TPSA) is 140 Å². The summed E-state index contributed by atoms with van der Waals surface area (Å²) in [6.07, 6.45) is -0.155. The van der Waals surface area contributed by atoms with Crippen molar-refractivity contribution in [2.45, 2.75) is 45.8 Å². The van der Waals surface area contributed by atoms with Crippen molar-refractivity contribution < 1.29 is 29.0 Å². The molecule has 4 aromatic carbocycles. The normalized spacial score (nSPS) is 11.2. The van der Waals surface area contributed by atoms with Gasteiger partial charge in [-0.25, -0.2) is 9.59 Å². The van der Waals surface area contributed by atoms with Gasteiger partial charge in [0, 0.05) is 37.9 Å². The third kappa shape index (κ3) is 11.4. The number of methoxy groups -OCH3 is 1. The minimum Gasteiger partial charge on any atom is -0.495 e. The molecular formula is C38H43N5O6. The van der Waals surface area contributed by atoms with E-state index < -0.39 is 24.1 Å². The number of benzene rings is 4. The van der Waals surface area contributed by atoms with Gasteiger partial charge in [-0.05, 0) is 54.3 Å². The van der Waals surface area contributed by atoms with Gasteiger partial charge in [0.2, 0.25) is 5.91 Å². The van der Waals surface area contributed by atoms with Gasteiger partial charge < -0.3 is 35.6 Å². The van der Waals surface area contributed by atoms with Crippen LogP contribution in [0.1, 0.15) is 35.6 Å². The summed E-state index contributed by atoms with van der Waals surface area (Å²) in [5, 5.41) is 17.6. The molecule has 1 atom stereocenters. The fraction of sp³-hybridized carbons (Fsp3) is 0.263. The monoisotopic (exact) mass is 665 g/mol. The van der Waals surface area contributed by atoms with E-state index >= 15 is 0 Å². The van der Waals surface area contributed by atoms with Gasteiger partial charge in [0.15, 0.2) is 0 Å². The Balaban J connectivity index is 1.49. The predicted octanol–water partition coefficient (Wildman–Crippen LogP) is 6.29. The lowest BCUT2D eigenvalue weighted by Crippen LogP contribution is -2.47. The summed E-state index contributed by atoms with van der Waals surface area (Å²) >= 11 is 0. The molecule has 0 radical (unpaired) electrons. The molecule has 0 spiro atoms. The van der Waals surface area contributed by atoms with Gasteiger partial charge >= 0.3 is 18.0 Å². The number of hydrogen-bond donors (Lipinski definition) is 4. The Bertz CT molecular complexity index is 1720. The van der Waals surface area contributed by atoms with Crippen LogP contribution in [-0.2, 0) is 29.1 Å². The van der Waals surface area contributed by atoms with Gasteiger partial charge in [0.25, 0.3) is 0 Å². The lowest BCUT2D eigenvalue weighted by molar-refractivity contribution is -0.137. The van der Waals surface area contributed by atoms with E-state index in [0.717, 1.165) is 16.7 Å². The number of amides is 5. The van der Waals surface area contributed by atoms with Gasteiger partial charge in [-0.15, -0.1) is 0 Å². The first-order valence-corrected chi connectivity index (χ1v) is 16.0. The molecule has 0 aliphatic carbocycles. The van der Waals surface area contributed by atoms with Crippen LogP contribution in [-0.4, -0.2) is 65.1 Å². The summed E-state index contributed by atoms with van der Waals surface area (Å²) < 4.78 is 5.56. The number of urea groups is 2. The number of rotatable bonds is 15. The second kappa shape index (κ2) is 17.9. The summed E-state index contributed by atoms with van der Waals surface area (Å²) in [6.45, 7) is 4.60. The summed E-state index contributed by atoms with van der Waals surface area (Å²) in [7, 11) is 1.50. The number of para-hydroxylation sites is 1. The molecule has 11 heteroatoms. The van der Waals surface area contributed by atoms with Crippen LogP contribution in [0.25, 0.3) is 0 Å². The van der Waals surface area contributed by atoms with Crippen LogP contribution in [0.2, 0.25) is 0 Å². The van der Waals surface area contributed by atoms with Crippen molar-refractivity contribution >= 4 is 35.3 Å². The molecular weight excluding hydrogens is 622 g/mol. The Hall–Kier alpha value is -5.84. The second-order valence-corrected chi connectivity index (χ2v) is 11.8. The van der Waals surface area contributed by atoms with Crippen molar-refractivity contribution in [2.24, 2.45) is 0 Å². The highest BCUT2D eigenvalue weighted by Crippen LogP contribution is 2.27. The standard InChI is InChI=1S/C38H43N5O6/c1-27-12-10-11-17-32(27)40-37(47)41-33-19-18-31(23-34(33)49-3)24-35(44)42(25-29-13-6-4-7-14-29)20-21-43(26-30-15-8-5-9-16-30)38(48)39-28(2)22-36(45)46/h4-19,23,28H,20-22,24-26H2,1-3H3,(H,39,48)(H,45,46)(H2,40,41,47). The van der Waals surface area contributed by atoms with Crippen molar-refractivity contribution in [3.8, 4) is 5.75 Å². The van der Waals surface area contributed by atoms with Crippen LogP contribution in [0.3, 0.4) is 0 Å². The number of carboxylic acids is 1. The summed E-state index contributed by atoms with van der Waals surface area (Å²) in [6, 6.07) is 30.3. The first kappa shape index (κ1) is 36.0. The van der Waals surface area contributed by atoms with Gasteiger partial charge in [0.05, 0.1) is 25.6 Å². The quantitative estimate of drug-likeness (QED) is 0.118. The number of carboxylic acid groups (broad SMARTS) is 1. The zero-order chi connectivity index (χ0) is 35.2. The number of nitrogens with one attached hydrogen (secondary N) is 3. The van der Waals surface area contributed by atoms with Gasteiger partial charge in [-0.2, -0.15) is 0 Å². The van der Waals surface area contributed by atoms with E-state index in [2.05, 4.69) is 16.0 Å². The van der Waals surface area contributed by atoms with Crippen LogP contribution in [0.4, 0.5) is 21.0 Å². The van der Waals surface area contributed by atoms with E-state index in [4.69, 9.17) is 4.74 Å². The highest BCUT2D eigenvalue weighted by atomic mass is 16.5. The summed E-state index contributed by atoms with van der Waals surface area (Å²) in [5.41, 5.74) is 4.58. The van der Waals surface area contributed by atoms with Crippen molar-refractivity contribution in [3.05, 3.63) is 125 Å². The minimum absolute atomic E-state index is 0.0550. The van der Waals surface area contributed by atoms with E-state index in [-0.39, 0.29) is 38.4 Å². The molecule has 4 N–H and O–H groups in total. The molecule has 4 rings (SSSR count). The van der Waals surface area contributed by atoms with Gasteiger partial charge in [0.1, 0.15) is 5.75 Å². The molecule has 0 fully saturated rings. The molecule has 0 saturated carbocycles. The van der Waals surface area contributed by atoms with Crippen LogP contribution >= 0.6 is 0 Å². The number of aryl methyl sites for hydroxylation is 1. The molecule has 11 nitrogen and oxygen atoms in total. The Morgan fingerprint density at radius 2 is 1.31 bits per heavy atom. The van der Waals surface area contributed by atoms with Crippen molar-refractivity contribution in [1.29, 1.82) is 0 Å². The van der Waals surface area contributed by atoms with Crippen LogP contribution in [0.5, 0.6) is 5.75 Å². The fourth-order valence-electron chi connectivity index (χ4n) is 5.23. The van der Waals surface area contributed by atoms with E-state index in [1.807, 2.05) is 91.9 Å². The van der Waals surface area contributed by atoms with Crippen molar-refractivity contribution in [1.82, 2.24) is 15.1 Å². The van der Waals surface area contributed by atoms with Crippen LogP contribution in [0, 0.1) is 6.92 Å². The van der Waals surface area contributed by atoms with Gasteiger partial charge in [-0.1, -0.05) is 84.9 Å². The number of hydrogen-bond acceptors (Lipinski definition) is 5. The molecule has 1 unspecified atom stereocenters. The molecule has 49 heavy (non-hydrogen) atoms. The fourth-order valence-corrected chi connectivity index (χ4v) is 5.23. The maximum absolute atomic E-state index is 13.9. The molecule has 0 aliphatic heterocycles. The number of aliphatic carboxylic acids is 1. The third-order valence-electron chi connectivity index (χ3n) is 7.83. The van der Waals surface area contributed by atoms with E-state index in [1.54, 1.807) is 34.9 Å². The Morgan fingerprint density at radius 1 is 0.735 bits per heavy atom. The van der Waals surface area contributed by atoms with E-state index in [1.165, 1.54) is 7.11 Å². The number of anilines is 2.